The van der Waals surface area contributed by atoms with E-state index in [9.17, 15) is 0 Å². The molecule has 2 aliphatic heterocycles. The fourth-order valence-electron chi connectivity index (χ4n) is 1.41. The quantitative estimate of drug-likeness (QED) is 0.483. The molecule has 2 heterocycles. The van der Waals surface area contributed by atoms with Crippen molar-refractivity contribution in [3.05, 3.63) is 0 Å². The number of halogens is 2. The van der Waals surface area contributed by atoms with Crippen LogP contribution in [0.2, 0.25) is 0 Å². The normalized spacial score (nSPS) is 53.4. The molecule has 0 aliphatic carbocycles. The minimum absolute atomic E-state index is 0.255. The summed E-state index contributed by atoms with van der Waals surface area (Å²) in [7, 11) is 0. The molecule has 0 saturated carbocycles. The van der Waals surface area contributed by atoms with Gasteiger partial charge in [-0.15, -0.1) is 0 Å². The maximum absolute atomic E-state index is 5.52. The molecule has 2 aliphatic rings. The van der Waals surface area contributed by atoms with Crippen LogP contribution in [0, 0.1) is 0 Å². The summed E-state index contributed by atoms with van der Waals surface area (Å²) in [5.41, 5.74) is 0. The Morgan fingerprint density at radius 2 is 1.50 bits per heavy atom. The van der Waals surface area contributed by atoms with E-state index in [2.05, 4.69) is 45.2 Å². The Morgan fingerprint density at radius 3 is 1.90 bits per heavy atom. The summed E-state index contributed by atoms with van der Waals surface area (Å²) in [5, 5.41) is 0. The van der Waals surface area contributed by atoms with Crippen LogP contribution in [0.3, 0.4) is 0 Å². The first kappa shape index (κ1) is 8.00. The fourth-order valence-corrected chi connectivity index (χ4v) is 3.14. The van der Waals surface area contributed by atoms with Gasteiger partial charge in [-0.3, -0.25) is 0 Å². The van der Waals surface area contributed by atoms with Gasteiger partial charge in [0.15, 0.2) is 0 Å². The Hall–Kier alpha value is 1.38. The van der Waals surface area contributed by atoms with Crippen molar-refractivity contribution < 1.29 is 9.47 Å². The number of fused-ring (bicyclic) bond motifs is 1. The molecule has 0 aromatic heterocycles. The summed E-state index contributed by atoms with van der Waals surface area (Å²) in [6, 6.07) is 0. The van der Waals surface area contributed by atoms with E-state index in [-0.39, 0.29) is 7.22 Å². The van der Waals surface area contributed by atoms with Gasteiger partial charge in [0, 0.05) is 0 Å². The van der Waals surface area contributed by atoms with Gasteiger partial charge in [0.2, 0.25) is 3.79 Å². The Kier molecular flexibility index (Phi) is 1.95. The van der Waals surface area contributed by atoms with Crippen LogP contribution in [-0.2, 0) is 9.47 Å². The van der Waals surface area contributed by atoms with Crippen molar-refractivity contribution in [2.75, 3.05) is 13.2 Å². The average Bonchev–Trinajstić information content (AvgIpc) is 2.20. The summed E-state index contributed by atoms with van der Waals surface area (Å²) in [6.45, 7) is 1.71. The highest BCUT2D eigenvalue weighted by Gasteiger charge is 2.58. The number of ether oxygens (including phenoxy) is 2. The molecule has 0 amide bonds. The van der Waals surface area contributed by atoms with Crippen LogP contribution in [0.25, 0.3) is 0 Å². The van der Waals surface area contributed by atoms with Gasteiger partial charge < -0.3 is 9.47 Å². The van der Waals surface area contributed by atoms with E-state index < -0.39 is 0 Å². The SMILES string of the molecule is IC12CCOC1(I)OCC2. The monoisotopic (exact) mass is 366 g/mol. The van der Waals surface area contributed by atoms with Crippen molar-refractivity contribution in [2.24, 2.45) is 0 Å². The van der Waals surface area contributed by atoms with Crippen molar-refractivity contribution in [3.63, 3.8) is 0 Å². The number of hydrogen-bond acceptors (Lipinski definition) is 2. The number of hydrogen-bond donors (Lipinski definition) is 0. The van der Waals surface area contributed by atoms with Gasteiger partial charge in [-0.25, -0.2) is 0 Å². The predicted octanol–water partition coefficient (Wildman–Crippen LogP) is 2.09. The van der Waals surface area contributed by atoms with Gasteiger partial charge in [-0.1, -0.05) is 22.6 Å². The maximum Gasteiger partial charge on any atom is 0.236 e. The second kappa shape index (κ2) is 2.43. The molecule has 2 fully saturated rings. The first-order chi connectivity index (χ1) is 4.66. The van der Waals surface area contributed by atoms with Gasteiger partial charge in [0.25, 0.3) is 0 Å². The predicted molar refractivity (Wildman–Crippen MR) is 54.6 cm³/mol. The summed E-state index contributed by atoms with van der Waals surface area (Å²) in [5.74, 6) is 0. The lowest BCUT2D eigenvalue weighted by atomic mass is 10.1. The summed E-state index contributed by atoms with van der Waals surface area (Å²) >= 11 is 4.76. The van der Waals surface area contributed by atoms with Gasteiger partial charge in [0.1, 0.15) is 0 Å². The Bertz CT molecular complexity index is 134. The van der Waals surface area contributed by atoms with E-state index in [4.69, 9.17) is 9.47 Å². The second-order valence-electron chi connectivity index (χ2n) is 2.70. The largest absolute Gasteiger partial charge is 0.341 e. The Morgan fingerprint density at radius 1 is 1.00 bits per heavy atom. The van der Waals surface area contributed by atoms with Crippen molar-refractivity contribution in [3.8, 4) is 0 Å². The van der Waals surface area contributed by atoms with Crippen LogP contribution < -0.4 is 0 Å². The molecule has 0 bridgehead atoms. The van der Waals surface area contributed by atoms with Crippen LogP contribution >= 0.6 is 45.2 Å². The molecule has 2 saturated heterocycles. The highest BCUT2D eigenvalue weighted by molar-refractivity contribution is 14.1. The smallest absolute Gasteiger partial charge is 0.236 e. The third-order valence-corrected chi connectivity index (χ3v) is 6.58. The van der Waals surface area contributed by atoms with Gasteiger partial charge in [0.05, 0.1) is 16.6 Å². The number of alkyl halides is 2. The van der Waals surface area contributed by atoms with Gasteiger partial charge >= 0.3 is 0 Å². The second-order valence-corrected chi connectivity index (χ2v) is 6.18. The molecule has 0 atom stereocenters. The molecule has 58 valence electrons. The molecule has 0 N–H and O–H groups in total. The van der Waals surface area contributed by atoms with Crippen LogP contribution in [0.5, 0.6) is 0 Å². The van der Waals surface area contributed by atoms with Crippen LogP contribution in [0.1, 0.15) is 12.8 Å². The van der Waals surface area contributed by atoms with E-state index >= 15 is 0 Å². The van der Waals surface area contributed by atoms with E-state index in [1.54, 1.807) is 0 Å². The van der Waals surface area contributed by atoms with E-state index in [1.807, 2.05) is 0 Å². The first-order valence-corrected chi connectivity index (χ1v) is 5.48. The zero-order chi connectivity index (χ0) is 7.24. The Labute approximate surface area is 87.3 Å². The molecular formula is C6H8I2O2. The lowest BCUT2D eigenvalue weighted by molar-refractivity contribution is -0.0998. The third kappa shape index (κ3) is 0.947. The third-order valence-electron chi connectivity index (χ3n) is 2.11. The summed E-state index contributed by atoms with van der Waals surface area (Å²) in [4.78, 5) is 0. The van der Waals surface area contributed by atoms with E-state index in [0.29, 0.717) is 0 Å². The van der Waals surface area contributed by atoms with Crippen LogP contribution in [0.15, 0.2) is 0 Å². The first-order valence-electron chi connectivity index (χ1n) is 3.32. The molecule has 0 aromatic carbocycles. The molecule has 4 heteroatoms. The van der Waals surface area contributed by atoms with Gasteiger partial charge in [-0.05, 0) is 35.4 Å². The molecule has 0 radical (unpaired) electrons. The fraction of sp³-hybridized carbons (Fsp3) is 1.00. The minimum atomic E-state index is -0.300. The molecule has 2 rings (SSSR count). The van der Waals surface area contributed by atoms with Crippen LogP contribution in [-0.4, -0.2) is 20.4 Å². The highest BCUT2D eigenvalue weighted by atomic mass is 127. The zero-order valence-electron chi connectivity index (χ0n) is 5.40. The maximum atomic E-state index is 5.52. The highest BCUT2D eigenvalue weighted by Crippen LogP contribution is 2.54. The van der Waals surface area contributed by atoms with Crippen molar-refractivity contribution in [1.82, 2.24) is 0 Å². The molecule has 0 unspecified atom stereocenters. The minimum Gasteiger partial charge on any atom is -0.341 e. The Balaban J connectivity index is 2.30. The standard InChI is InChI=1S/C6H8I2O2/c7-5-1-3-9-6(5,8)10-4-2-5/h1-4H2. The zero-order valence-corrected chi connectivity index (χ0v) is 9.72. The molecule has 0 spiro atoms. The molecule has 10 heavy (non-hydrogen) atoms. The number of rotatable bonds is 0. The lowest BCUT2D eigenvalue weighted by Gasteiger charge is -2.26. The topological polar surface area (TPSA) is 18.5 Å². The summed E-state index contributed by atoms with van der Waals surface area (Å²) < 4.78 is 11.0. The van der Waals surface area contributed by atoms with Crippen molar-refractivity contribution in [2.45, 2.75) is 20.1 Å². The lowest BCUT2D eigenvalue weighted by Crippen LogP contribution is -2.35. The van der Waals surface area contributed by atoms with E-state index in [0.717, 1.165) is 26.1 Å². The summed E-state index contributed by atoms with van der Waals surface area (Å²) in [6.07, 6.45) is 2.27. The van der Waals surface area contributed by atoms with E-state index in [1.165, 1.54) is 0 Å². The van der Waals surface area contributed by atoms with Gasteiger partial charge in [-0.2, -0.15) is 0 Å². The van der Waals surface area contributed by atoms with Crippen molar-refractivity contribution >= 4 is 45.2 Å². The molecule has 2 nitrogen and oxygen atoms in total. The molecule has 0 aromatic rings. The average molecular weight is 366 g/mol. The molecular weight excluding hydrogens is 358 g/mol. The van der Waals surface area contributed by atoms with Crippen molar-refractivity contribution in [1.29, 1.82) is 0 Å². The van der Waals surface area contributed by atoms with Crippen LogP contribution in [0.4, 0.5) is 0 Å².